The number of ketones is 2. The van der Waals surface area contributed by atoms with E-state index >= 15 is 0 Å². The first-order chi connectivity index (χ1) is 19.2. The molecule has 0 bridgehead atoms. The van der Waals surface area contributed by atoms with Crippen LogP contribution >= 0.6 is 23.2 Å². The molecule has 0 aliphatic heterocycles. The molecule has 0 spiro atoms. The van der Waals surface area contributed by atoms with E-state index in [9.17, 15) is 9.59 Å². The fraction of sp³-hybridized carbons (Fsp3) is 0.152. The molecule has 2 N–H and O–H groups in total. The molecule has 2 heterocycles. The first-order valence-electron chi connectivity index (χ1n) is 12.9. The van der Waals surface area contributed by atoms with Gasteiger partial charge in [0.25, 0.3) is 0 Å². The topological polar surface area (TPSA) is 74.9 Å². The first-order valence-corrected chi connectivity index (χ1v) is 13.7. The fourth-order valence-electron chi connectivity index (χ4n) is 5.28. The van der Waals surface area contributed by atoms with Crippen molar-refractivity contribution in [3.8, 4) is 5.75 Å². The van der Waals surface area contributed by atoms with Gasteiger partial charge in [0.1, 0.15) is 22.4 Å². The second-order valence-electron chi connectivity index (χ2n) is 10.9. The summed E-state index contributed by atoms with van der Waals surface area (Å²) in [5.41, 5.74) is 4.28. The molecule has 6 rings (SSSR count). The van der Waals surface area contributed by atoms with Gasteiger partial charge in [0.05, 0.1) is 11.1 Å². The number of fused-ring (bicyclic) bond motifs is 2. The zero-order chi connectivity index (χ0) is 28.2. The van der Waals surface area contributed by atoms with Crippen molar-refractivity contribution in [1.82, 2.24) is 9.97 Å². The Bertz CT molecular complexity index is 1890. The molecule has 1 aliphatic rings. The Balaban J connectivity index is 1.48. The summed E-state index contributed by atoms with van der Waals surface area (Å²) in [6.45, 7) is 6.45. The quantitative estimate of drug-likeness (QED) is 0.209. The van der Waals surface area contributed by atoms with Crippen LogP contribution in [0.1, 0.15) is 43.2 Å². The molecule has 0 amide bonds. The molecule has 40 heavy (non-hydrogen) atoms. The predicted molar refractivity (Wildman–Crippen MR) is 162 cm³/mol. The summed E-state index contributed by atoms with van der Waals surface area (Å²) < 4.78 is 6.17. The molecule has 5 nitrogen and oxygen atoms in total. The lowest BCUT2D eigenvalue weighted by molar-refractivity contribution is -0.113. The highest BCUT2D eigenvalue weighted by Gasteiger charge is 2.39. The first kappa shape index (κ1) is 26.2. The summed E-state index contributed by atoms with van der Waals surface area (Å²) in [4.78, 5) is 34.6. The van der Waals surface area contributed by atoms with E-state index in [1.807, 2.05) is 93.6 Å². The zero-order valence-electron chi connectivity index (χ0n) is 22.2. The Morgan fingerprint density at radius 3 is 2.17 bits per heavy atom. The van der Waals surface area contributed by atoms with Crippen LogP contribution < -0.4 is 4.74 Å². The predicted octanol–water partition coefficient (Wildman–Crippen LogP) is 8.28. The van der Waals surface area contributed by atoms with Crippen molar-refractivity contribution in [3.63, 3.8) is 0 Å². The summed E-state index contributed by atoms with van der Waals surface area (Å²) >= 11 is 13.6. The standard InChI is InChI=1S/C33H26Cl2N2O3/c1-33(2,3)32-25(19-12-7-8-13-21(19)37-32)27-29(35)30(38)26(28(34)31(27)39)20-16-36-22-14-9-15-23(24(20)22)40-17-18-10-5-4-6-11-18/h4-16,36-37H,17H2,1-3H3. The smallest absolute Gasteiger partial charge is 0.207 e. The average molecular weight is 569 g/mol. The van der Waals surface area contributed by atoms with E-state index in [0.717, 1.165) is 27.7 Å². The highest BCUT2D eigenvalue weighted by molar-refractivity contribution is 6.68. The molecule has 0 fully saturated rings. The van der Waals surface area contributed by atoms with E-state index in [1.54, 1.807) is 6.20 Å². The number of hydrogen-bond acceptors (Lipinski definition) is 3. The van der Waals surface area contributed by atoms with Gasteiger partial charge in [0.2, 0.25) is 11.6 Å². The zero-order valence-corrected chi connectivity index (χ0v) is 23.7. The number of H-pyrrole nitrogens is 2. The van der Waals surface area contributed by atoms with Gasteiger partial charge in [-0.05, 0) is 23.8 Å². The second kappa shape index (κ2) is 9.84. The van der Waals surface area contributed by atoms with Gasteiger partial charge in [-0.15, -0.1) is 0 Å². The van der Waals surface area contributed by atoms with Crippen molar-refractivity contribution in [1.29, 1.82) is 0 Å². The Hall–Kier alpha value is -4.06. The lowest BCUT2D eigenvalue weighted by Gasteiger charge is -2.23. The van der Waals surface area contributed by atoms with Crippen molar-refractivity contribution < 1.29 is 14.3 Å². The third-order valence-corrected chi connectivity index (χ3v) is 7.89. The van der Waals surface area contributed by atoms with Crippen LogP contribution in [0.15, 0.2) is 89.1 Å². The summed E-state index contributed by atoms with van der Waals surface area (Å²) in [5.74, 6) is -0.439. The molecular weight excluding hydrogens is 543 g/mol. The number of carbonyl (C=O) groups excluding carboxylic acids is 2. The van der Waals surface area contributed by atoms with E-state index in [-0.39, 0.29) is 26.6 Å². The van der Waals surface area contributed by atoms with Crippen molar-refractivity contribution >= 4 is 67.7 Å². The molecule has 0 radical (unpaired) electrons. The number of Topliss-reactive ketones (excluding diaryl/α,β-unsaturated/α-hetero) is 2. The highest BCUT2D eigenvalue weighted by atomic mass is 35.5. The number of nitrogens with one attached hydrogen (secondary N) is 2. The number of aromatic nitrogens is 2. The van der Waals surface area contributed by atoms with Crippen molar-refractivity contribution in [2.24, 2.45) is 0 Å². The maximum atomic E-state index is 14.0. The van der Waals surface area contributed by atoms with E-state index in [1.165, 1.54) is 0 Å². The van der Waals surface area contributed by atoms with Crippen LogP contribution in [0.3, 0.4) is 0 Å². The second-order valence-corrected chi connectivity index (χ2v) is 11.6. The normalized spacial score (nSPS) is 14.6. The van der Waals surface area contributed by atoms with Crippen molar-refractivity contribution in [2.75, 3.05) is 0 Å². The summed E-state index contributed by atoms with van der Waals surface area (Å²) in [6.07, 6.45) is 1.67. The van der Waals surface area contributed by atoms with Gasteiger partial charge in [-0.3, -0.25) is 9.59 Å². The fourth-order valence-corrected chi connectivity index (χ4v) is 5.83. The van der Waals surface area contributed by atoms with E-state index in [2.05, 4.69) is 9.97 Å². The van der Waals surface area contributed by atoms with Gasteiger partial charge in [-0.2, -0.15) is 0 Å². The third-order valence-electron chi connectivity index (χ3n) is 7.17. The number of halogens is 2. The van der Waals surface area contributed by atoms with Crippen LogP contribution in [0.5, 0.6) is 5.75 Å². The number of ether oxygens (including phenoxy) is 1. The molecule has 0 saturated carbocycles. The molecule has 0 saturated heterocycles. The van der Waals surface area contributed by atoms with E-state index < -0.39 is 11.6 Å². The molecule has 3 aromatic carbocycles. The summed E-state index contributed by atoms with van der Waals surface area (Å²) in [5, 5.41) is 1.13. The van der Waals surface area contributed by atoms with Crippen LogP contribution in [-0.2, 0) is 21.6 Å². The number of carbonyl (C=O) groups is 2. The van der Waals surface area contributed by atoms with Crippen molar-refractivity contribution in [3.05, 3.63) is 111 Å². The minimum Gasteiger partial charge on any atom is -0.488 e. The lowest BCUT2D eigenvalue weighted by atomic mass is 9.82. The highest BCUT2D eigenvalue weighted by Crippen LogP contribution is 2.46. The number of para-hydroxylation sites is 1. The number of rotatable bonds is 5. The SMILES string of the molecule is CC(C)(C)c1[nH]c2ccccc2c1C1=C(Cl)C(=O)C(c2c[nH]c3cccc(OCc4ccccc4)c23)=C(Cl)C1=O. The largest absolute Gasteiger partial charge is 0.488 e. The Labute approximate surface area is 241 Å². The lowest BCUT2D eigenvalue weighted by Crippen LogP contribution is -2.21. The molecule has 0 unspecified atom stereocenters. The summed E-state index contributed by atoms with van der Waals surface area (Å²) in [6, 6.07) is 23.0. The molecule has 5 aromatic rings. The Kier molecular flexibility index (Phi) is 6.44. The Morgan fingerprint density at radius 2 is 1.43 bits per heavy atom. The maximum Gasteiger partial charge on any atom is 0.207 e. The molecule has 0 atom stereocenters. The van der Waals surface area contributed by atoms with Gasteiger partial charge in [-0.1, -0.05) is 98.6 Å². The molecule has 1 aliphatic carbocycles. The summed E-state index contributed by atoms with van der Waals surface area (Å²) in [7, 11) is 0. The number of aromatic amines is 2. The monoisotopic (exact) mass is 568 g/mol. The number of hydrogen-bond donors (Lipinski definition) is 2. The minimum atomic E-state index is -0.509. The van der Waals surface area contributed by atoms with Crippen LogP contribution in [0.2, 0.25) is 0 Å². The van der Waals surface area contributed by atoms with E-state index in [4.69, 9.17) is 27.9 Å². The third kappa shape index (κ3) is 4.26. The minimum absolute atomic E-state index is 0.0552. The molecule has 2 aromatic heterocycles. The molecular formula is C33H26Cl2N2O3. The van der Waals surface area contributed by atoms with Gasteiger partial charge in [0.15, 0.2) is 0 Å². The van der Waals surface area contributed by atoms with Crippen LogP contribution in [-0.4, -0.2) is 21.5 Å². The van der Waals surface area contributed by atoms with Crippen LogP contribution in [0.4, 0.5) is 0 Å². The number of allylic oxidation sites excluding steroid dienone is 4. The van der Waals surface area contributed by atoms with Gasteiger partial charge >= 0.3 is 0 Å². The van der Waals surface area contributed by atoms with Gasteiger partial charge in [-0.25, -0.2) is 0 Å². The average Bonchev–Trinajstić information content (AvgIpc) is 3.55. The van der Waals surface area contributed by atoms with Gasteiger partial charge in [0, 0.05) is 50.2 Å². The van der Waals surface area contributed by atoms with Crippen LogP contribution in [0, 0.1) is 0 Å². The van der Waals surface area contributed by atoms with E-state index in [0.29, 0.717) is 28.9 Å². The molecule has 7 heteroatoms. The maximum absolute atomic E-state index is 14.0. The van der Waals surface area contributed by atoms with Gasteiger partial charge < -0.3 is 14.7 Å². The van der Waals surface area contributed by atoms with Crippen LogP contribution in [0.25, 0.3) is 33.0 Å². The number of benzene rings is 3. The van der Waals surface area contributed by atoms with Crippen molar-refractivity contribution in [2.45, 2.75) is 32.8 Å². The molecule has 200 valence electrons. The Morgan fingerprint density at radius 1 is 0.775 bits per heavy atom.